The number of rotatable bonds is 10. The smallest absolute Gasteiger partial charge is 0.488 e. The van der Waals surface area contributed by atoms with Crippen LogP contribution in [0.3, 0.4) is 0 Å². The second kappa shape index (κ2) is 20.0. The Morgan fingerprint density at radius 2 is 0.833 bits per heavy atom. The number of aldehydes is 2. The van der Waals surface area contributed by atoms with E-state index in [1.807, 2.05) is 0 Å². The molecule has 0 amide bonds. The fourth-order valence-electron chi connectivity index (χ4n) is 2.78. The first-order valence-corrected chi connectivity index (χ1v) is 17.5. The summed E-state index contributed by atoms with van der Waals surface area (Å²) in [4.78, 5) is 20.2. The summed E-state index contributed by atoms with van der Waals surface area (Å²) in [6, 6.07) is 22.5. The molecule has 48 heavy (non-hydrogen) atoms. The van der Waals surface area contributed by atoms with Crippen molar-refractivity contribution in [3.63, 3.8) is 0 Å². The third-order valence-corrected chi connectivity index (χ3v) is 6.64. The molecule has 0 aliphatic heterocycles. The van der Waals surface area contributed by atoms with Gasteiger partial charge in [0.1, 0.15) is 35.6 Å². The predicted octanol–water partition coefficient (Wildman–Crippen LogP) is 5.24. The molecule has 4 rings (SSSR count). The minimum absolute atomic E-state index is 0.0350. The number of phenols is 1. The van der Waals surface area contributed by atoms with Crippen LogP contribution >= 0.6 is 15.9 Å². The highest BCUT2D eigenvalue weighted by Crippen LogP contribution is 2.17. The second-order valence-corrected chi connectivity index (χ2v) is 11.8. The lowest BCUT2D eigenvalue weighted by Crippen LogP contribution is -2.00. The van der Waals surface area contributed by atoms with Crippen LogP contribution in [0.1, 0.15) is 31.8 Å². The van der Waals surface area contributed by atoms with E-state index in [1.165, 1.54) is 72.8 Å². The Hall–Kier alpha value is -4.50. The van der Waals surface area contributed by atoms with Gasteiger partial charge in [-0.2, -0.15) is 25.3 Å². The molecule has 4 aromatic rings. The minimum atomic E-state index is -4.99. The molecule has 0 radical (unpaired) electrons. The van der Waals surface area contributed by atoms with E-state index in [1.54, 1.807) is 24.3 Å². The Balaban J connectivity index is 0.000000323. The van der Waals surface area contributed by atoms with Gasteiger partial charge in [-0.25, -0.2) is 0 Å². The maximum Gasteiger partial charge on any atom is 0.488 e. The van der Waals surface area contributed by atoms with E-state index in [9.17, 15) is 46.5 Å². The molecular weight excluding hydrogens is 777 g/mol. The Morgan fingerprint density at radius 1 is 0.542 bits per heavy atom. The van der Waals surface area contributed by atoms with E-state index in [-0.39, 0.29) is 29.6 Å². The number of halogens is 4. The number of hydrogen-bond donors (Lipinski definition) is 2. The van der Waals surface area contributed by atoms with Gasteiger partial charge in [-0.1, -0.05) is 51.9 Å². The topological polar surface area (TPSA) is 205 Å². The molecule has 0 heterocycles. The van der Waals surface area contributed by atoms with Gasteiger partial charge in [-0.15, -0.1) is 0 Å². The van der Waals surface area contributed by atoms with E-state index >= 15 is 0 Å². The van der Waals surface area contributed by atoms with Gasteiger partial charge in [0.15, 0.2) is 0 Å². The van der Waals surface area contributed by atoms with Gasteiger partial charge in [0.2, 0.25) is 0 Å². The Labute approximate surface area is 282 Å². The molecule has 0 saturated heterocycles. The Kier molecular flexibility index (Phi) is 17.3. The van der Waals surface area contributed by atoms with Gasteiger partial charge < -0.3 is 22.8 Å². The number of aromatic hydroxyl groups is 1. The summed E-state index contributed by atoms with van der Waals surface area (Å²) in [6.07, 6.45) is 1.31. The van der Waals surface area contributed by atoms with Gasteiger partial charge in [-0.05, 0) is 83.9 Å². The SMILES string of the molecule is O=Cc1ccc(O)cc1.O=Cc1ccc(OS(=O)(=O)F)cc1.O=S(=O)(F)Oc1ccc(CBr)cc1.O=S(=O)(F)Oc1ccc(CO)cc1. The fourth-order valence-corrected chi connectivity index (χ4v) is 4.18. The first-order chi connectivity index (χ1) is 22.4. The van der Waals surface area contributed by atoms with E-state index in [0.29, 0.717) is 28.3 Å². The summed E-state index contributed by atoms with van der Waals surface area (Å²) in [5, 5.41) is 18.0. The number of benzene rings is 4. The first-order valence-electron chi connectivity index (χ1n) is 12.4. The lowest BCUT2D eigenvalue weighted by molar-refractivity contribution is 0.111. The van der Waals surface area contributed by atoms with Crippen molar-refractivity contribution in [3.8, 4) is 23.0 Å². The minimum Gasteiger partial charge on any atom is -0.508 e. The maximum atomic E-state index is 12.0. The summed E-state index contributed by atoms with van der Waals surface area (Å²) in [5.41, 5.74) is 2.46. The number of carbonyl (C=O) groups excluding carboxylic acids is 2. The predicted molar refractivity (Wildman–Crippen MR) is 169 cm³/mol. The van der Waals surface area contributed by atoms with Crippen LogP contribution in [-0.2, 0) is 43.4 Å². The summed E-state index contributed by atoms with van der Waals surface area (Å²) >= 11 is 3.21. The normalized spacial score (nSPS) is 10.7. The molecule has 0 aromatic heterocycles. The molecule has 0 saturated carbocycles. The first kappa shape index (κ1) is 41.5. The zero-order valence-electron chi connectivity index (χ0n) is 23.9. The molecular formula is C28H24BrF3O13S3. The Morgan fingerprint density at radius 3 is 1.10 bits per heavy atom. The van der Waals surface area contributed by atoms with Crippen molar-refractivity contribution in [1.29, 1.82) is 0 Å². The van der Waals surface area contributed by atoms with Crippen LogP contribution in [0.5, 0.6) is 23.0 Å². The molecule has 2 N–H and O–H groups in total. The van der Waals surface area contributed by atoms with Crippen LogP contribution in [0, 0.1) is 0 Å². The van der Waals surface area contributed by atoms with Crippen LogP contribution in [0.15, 0.2) is 97.1 Å². The zero-order valence-corrected chi connectivity index (χ0v) is 28.0. The second-order valence-electron chi connectivity index (χ2n) is 8.41. The maximum absolute atomic E-state index is 12.0. The van der Waals surface area contributed by atoms with E-state index in [2.05, 4.69) is 28.5 Å². The largest absolute Gasteiger partial charge is 0.508 e. The van der Waals surface area contributed by atoms with Crippen LogP contribution in [0.25, 0.3) is 0 Å². The molecule has 0 aliphatic rings. The van der Waals surface area contributed by atoms with Gasteiger partial charge in [0, 0.05) is 16.5 Å². The van der Waals surface area contributed by atoms with Crippen molar-refractivity contribution < 1.29 is 69.3 Å². The van der Waals surface area contributed by atoms with Crippen molar-refractivity contribution in [2.75, 3.05) is 0 Å². The van der Waals surface area contributed by atoms with Crippen LogP contribution in [0.4, 0.5) is 11.7 Å². The van der Waals surface area contributed by atoms with E-state index in [4.69, 9.17) is 10.2 Å². The van der Waals surface area contributed by atoms with E-state index in [0.717, 1.165) is 11.8 Å². The van der Waals surface area contributed by atoms with Crippen LogP contribution in [0.2, 0.25) is 0 Å². The molecule has 20 heteroatoms. The number of aliphatic hydroxyl groups excluding tert-OH is 1. The standard InChI is InChI=1S/C7H6BrFO3S.C7H7FO4S.C7H5FO4S.C7H6O2/c8-5-6-1-3-7(4-2-6)12-13(9,10)11;2*8-13(10,11)12-7-3-1-6(5-9)2-4-7;8-5-6-1-3-7(9)4-2-6/h1-4H,5H2;1-4,9H,5H2;1-5H;1-5,9H. The molecule has 0 fully saturated rings. The monoisotopic (exact) mass is 800 g/mol. The van der Waals surface area contributed by atoms with Crippen LogP contribution < -0.4 is 12.5 Å². The number of hydrogen-bond acceptors (Lipinski definition) is 13. The third-order valence-electron chi connectivity index (χ3n) is 4.82. The molecule has 0 spiro atoms. The lowest BCUT2D eigenvalue weighted by atomic mass is 10.2. The van der Waals surface area contributed by atoms with Gasteiger partial charge >= 0.3 is 31.5 Å². The van der Waals surface area contributed by atoms with Crippen molar-refractivity contribution in [2.24, 2.45) is 0 Å². The summed E-state index contributed by atoms with van der Waals surface area (Å²) in [7, 11) is -14.9. The highest BCUT2D eigenvalue weighted by Gasteiger charge is 2.10. The summed E-state index contributed by atoms with van der Waals surface area (Å²) in [6.45, 7) is -0.164. The van der Waals surface area contributed by atoms with Gasteiger partial charge in [0.05, 0.1) is 6.61 Å². The summed E-state index contributed by atoms with van der Waals surface area (Å²) in [5.74, 6) is -0.152. The van der Waals surface area contributed by atoms with Gasteiger partial charge in [-0.3, -0.25) is 9.59 Å². The average molecular weight is 802 g/mol. The van der Waals surface area contributed by atoms with Gasteiger partial charge in [0.25, 0.3) is 0 Å². The van der Waals surface area contributed by atoms with Crippen molar-refractivity contribution in [3.05, 3.63) is 119 Å². The van der Waals surface area contributed by atoms with Crippen molar-refractivity contribution in [2.45, 2.75) is 11.9 Å². The molecule has 0 bridgehead atoms. The summed E-state index contributed by atoms with van der Waals surface area (Å²) < 4.78 is 108. The number of aliphatic hydroxyl groups is 1. The number of phenolic OH excluding ortho intramolecular Hbond substituents is 1. The average Bonchev–Trinajstić information content (AvgIpc) is 3.01. The zero-order chi connectivity index (χ0) is 36.4. The molecule has 260 valence electrons. The molecule has 0 unspecified atom stereocenters. The number of alkyl halides is 1. The Bertz CT molecular complexity index is 1830. The highest BCUT2D eigenvalue weighted by molar-refractivity contribution is 9.08. The molecule has 13 nitrogen and oxygen atoms in total. The fraction of sp³-hybridized carbons (Fsp3) is 0.0714. The highest BCUT2D eigenvalue weighted by atomic mass is 79.9. The quantitative estimate of drug-likeness (QED) is 0.120. The molecule has 0 aliphatic carbocycles. The molecule has 4 aromatic carbocycles. The third kappa shape index (κ3) is 19.9. The van der Waals surface area contributed by atoms with Crippen molar-refractivity contribution in [1.82, 2.24) is 0 Å². The van der Waals surface area contributed by atoms with Crippen LogP contribution in [-0.4, -0.2) is 48.0 Å². The number of carbonyl (C=O) groups is 2. The van der Waals surface area contributed by atoms with E-state index < -0.39 is 31.5 Å². The molecule has 0 atom stereocenters. The van der Waals surface area contributed by atoms with Crippen molar-refractivity contribution >= 4 is 60.0 Å². The lowest BCUT2D eigenvalue weighted by Gasteiger charge is -2.00.